The molecule has 1 aromatic rings. The molecule has 0 aromatic carbocycles. The first-order chi connectivity index (χ1) is 10.4. The number of esters is 1. The van der Waals surface area contributed by atoms with Crippen molar-refractivity contribution in [2.24, 2.45) is 5.92 Å². The standard InChI is InChI=1S/C17H24N2O2S/c1-6-13(5)21-17(20)14(7-2)10-22-16-15(9-18)11(3)8-12(4)19-16/h8,13-14H,6-7,10H2,1-5H3. The van der Waals surface area contributed by atoms with E-state index >= 15 is 0 Å². The van der Waals surface area contributed by atoms with Gasteiger partial charge in [-0.1, -0.05) is 13.8 Å². The lowest BCUT2D eigenvalue weighted by Gasteiger charge is -2.17. The third-order valence-electron chi connectivity index (χ3n) is 3.56. The molecule has 0 saturated heterocycles. The van der Waals surface area contributed by atoms with E-state index in [0.29, 0.717) is 16.3 Å². The number of aromatic nitrogens is 1. The Morgan fingerprint density at radius 3 is 2.64 bits per heavy atom. The highest BCUT2D eigenvalue weighted by Gasteiger charge is 2.21. The van der Waals surface area contributed by atoms with Crippen molar-refractivity contribution in [1.29, 1.82) is 5.26 Å². The van der Waals surface area contributed by atoms with Crippen LogP contribution in [0.1, 0.15) is 50.4 Å². The zero-order valence-corrected chi connectivity index (χ0v) is 14.8. The Labute approximate surface area is 137 Å². The van der Waals surface area contributed by atoms with Crippen molar-refractivity contribution in [1.82, 2.24) is 4.98 Å². The normalized spacial score (nSPS) is 13.3. The van der Waals surface area contributed by atoms with Gasteiger partial charge in [-0.3, -0.25) is 4.79 Å². The van der Waals surface area contributed by atoms with Gasteiger partial charge in [-0.05, 0) is 45.2 Å². The van der Waals surface area contributed by atoms with Gasteiger partial charge in [0.05, 0.1) is 17.6 Å². The van der Waals surface area contributed by atoms with E-state index in [1.165, 1.54) is 11.8 Å². The summed E-state index contributed by atoms with van der Waals surface area (Å²) >= 11 is 1.46. The molecule has 0 radical (unpaired) electrons. The topological polar surface area (TPSA) is 63.0 Å². The second-order valence-corrected chi connectivity index (χ2v) is 6.45. The fraction of sp³-hybridized carbons (Fsp3) is 0.588. The van der Waals surface area contributed by atoms with Crippen molar-refractivity contribution in [2.75, 3.05) is 5.75 Å². The van der Waals surface area contributed by atoms with Gasteiger partial charge >= 0.3 is 5.97 Å². The molecule has 0 aliphatic rings. The second-order valence-electron chi connectivity index (χ2n) is 5.44. The second kappa shape index (κ2) is 8.79. The van der Waals surface area contributed by atoms with Gasteiger partial charge in [0.15, 0.2) is 0 Å². The minimum Gasteiger partial charge on any atom is -0.462 e. The van der Waals surface area contributed by atoms with Crippen molar-refractivity contribution in [2.45, 2.75) is 58.6 Å². The summed E-state index contributed by atoms with van der Waals surface area (Å²) in [6.45, 7) is 9.69. The third-order valence-corrected chi connectivity index (χ3v) is 4.70. The lowest BCUT2D eigenvalue weighted by Crippen LogP contribution is -2.23. The molecule has 1 rings (SSSR count). The number of pyridine rings is 1. The highest BCUT2D eigenvalue weighted by molar-refractivity contribution is 7.99. The van der Waals surface area contributed by atoms with Crippen LogP contribution in [0.2, 0.25) is 0 Å². The Hall–Kier alpha value is -1.54. The molecule has 120 valence electrons. The van der Waals surface area contributed by atoms with Gasteiger partial charge in [-0.25, -0.2) is 4.98 Å². The molecule has 0 fully saturated rings. The molecule has 4 nitrogen and oxygen atoms in total. The van der Waals surface area contributed by atoms with Gasteiger partial charge in [0, 0.05) is 11.4 Å². The van der Waals surface area contributed by atoms with Crippen LogP contribution in [0.4, 0.5) is 0 Å². The summed E-state index contributed by atoms with van der Waals surface area (Å²) in [5.74, 6) is 0.247. The average molecular weight is 320 g/mol. The molecule has 0 amide bonds. The van der Waals surface area contributed by atoms with E-state index in [1.54, 1.807) is 0 Å². The summed E-state index contributed by atoms with van der Waals surface area (Å²) in [5.41, 5.74) is 2.41. The molecule has 2 unspecified atom stereocenters. The van der Waals surface area contributed by atoms with E-state index in [-0.39, 0.29) is 18.0 Å². The molecule has 1 aromatic heterocycles. The summed E-state index contributed by atoms with van der Waals surface area (Å²) in [4.78, 5) is 16.6. The molecule has 0 aliphatic carbocycles. The number of ether oxygens (including phenoxy) is 1. The number of aryl methyl sites for hydroxylation is 2. The number of nitrogens with zero attached hydrogens (tertiary/aromatic N) is 2. The Morgan fingerprint density at radius 1 is 1.41 bits per heavy atom. The Kier molecular flexibility index (Phi) is 7.40. The van der Waals surface area contributed by atoms with Gasteiger partial charge in [-0.15, -0.1) is 11.8 Å². The zero-order valence-electron chi connectivity index (χ0n) is 14.0. The molecule has 5 heteroatoms. The predicted octanol–water partition coefficient (Wildman–Crippen LogP) is 4.03. The number of rotatable bonds is 7. The molecule has 0 spiro atoms. The molecule has 22 heavy (non-hydrogen) atoms. The van der Waals surface area contributed by atoms with Crippen LogP contribution in [0.3, 0.4) is 0 Å². The van der Waals surface area contributed by atoms with E-state index in [9.17, 15) is 10.1 Å². The monoisotopic (exact) mass is 320 g/mol. The van der Waals surface area contributed by atoms with Gasteiger partial charge in [0.1, 0.15) is 11.1 Å². The average Bonchev–Trinajstić information content (AvgIpc) is 2.47. The van der Waals surface area contributed by atoms with E-state index in [0.717, 1.165) is 24.1 Å². The van der Waals surface area contributed by atoms with Crippen LogP contribution in [-0.2, 0) is 9.53 Å². The fourth-order valence-electron chi connectivity index (χ4n) is 1.95. The SMILES string of the molecule is CCC(C)OC(=O)C(CC)CSc1nc(C)cc(C)c1C#N. The maximum absolute atomic E-state index is 12.1. The van der Waals surface area contributed by atoms with Crippen LogP contribution in [0.15, 0.2) is 11.1 Å². The van der Waals surface area contributed by atoms with Crippen LogP contribution in [0, 0.1) is 31.1 Å². The van der Waals surface area contributed by atoms with Crippen molar-refractivity contribution in [3.05, 3.63) is 22.9 Å². The summed E-state index contributed by atoms with van der Waals surface area (Å²) in [7, 11) is 0. The third kappa shape index (κ3) is 5.03. The summed E-state index contributed by atoms with van der Waals surface area (Å²) in [6, 6.07) is 4.10. The molecule has 0 saturated carbocycles. The largest absolute Gasteiger partial charge is 0.462 e. The van der Waals surface area contributed by atoms with Crippen molar-refractivity contribution >= 4 is 17.7 Å². The van der Waals surface area contributed by atoms with Gasteiger partial charge in [-0.2, -0.15) is 5.26 Å². The first-order valence-corrected chi connectivity index (χ1v) is 8.63. The molecule has 0 bridgehead atoms. The summed E-state index contributed by atoms with van der Waals surface area (Å²) in [5, 5.41) is 9.98. The van der Waals surface area contributed by atoms with Crippen LogP contribution >= 0.6 is 11.8 Å². The molecule has 2 atom stereocenters. The number of thioether (sulfide) groups is 1. The maximum atomic E-state index is 12.1. The number of nitriles is 1. The Morgan fingerprint density at radius 2 is 2.09 bits per heavy atom. The fourth-order valence-corrected chi connectivity index (χ4v) is 3.24. The molecule has 1 heterocycles. The minimum atomic E-state index is -0.173. The predicted molar refractivity (Wildman–Crippen MR) is 88.8 cm³/mol. The first-order valence-electron chi connectivity index (χ1n) is 7.64. The summed E-state index contributed by atoms with van der Waals surface area (Å²) < 4.78 is 5.41. The molecular formula is C17H24N2O2S. The molecule has 0 aliphatic heterocycles. The Bertz CT molecular complexity index is 567. The van der Waals surface area contributed by atoms with E-state index in [2.05, 4.69) is 11.1 Å². The molecule has 0 N–H and O–H groups in total. The van der Waals surface area contributed by atoms with Crippen molar-refractivity contribution in [3.8, 4) is 6.07 Å². The van der Waals surface area contributed by atoms with Crippen molar-refractivity contribution < 1.29 is 9.53 Å². The summed E-state index contributed by atoms with van der Waals surface area (Å²) in [6.07, 6.45) is 1.47. The minimum absolute atomic E-state index is 0.0550. The Balaban J connectivity index is 2.79. The molecular weight excluding hydrogens is 296 g/mol. The van der Waals surface area contributed by atoms with E-state index in [1.807, 2.05) is 40.7 Å². The van der Waals surface area contributed by atoms with Gasteiger partial charge < -0.3 is 4.74 Å². The number of hydrogen-bond acceptors (Lipinski definition) is 5. The number of carbonyl (C=O) groups excluding carboxylic acids is 1. The van der Waals surface area contributed by atoms with Crippen molar-refractivity contribution in [3.63, 3.8) is 0 Å². The van der Waals surface area contributed by atoms with Gasteiger partial charge in [0.25, 0.3) is 0 Å². The van der Waals surface area contributed by atoms with E-state index < -0.39 is 0 Å². The highest BCUT2D eigenvalue weighted by Crippen LogP contribution is 2.27. The number of hydrogen-bond donors (Lipinski definition) is 0. The first kappa shape index (κ1) is 18.5. The maximum Gasteiger partial charge on any atom is 0.310 e. The lowest BCUT2D eigenvalue weighted by atomic mass is 10.1. The van der Waals surface area contributed by atoms with E-state index in [4.69, 9.17) is 4.74 Å². The van der Waals surface area contributed by atoms with Crippen LogP contribution in [-0.4, -0.2) is 22.8 Å². The smallest absolute Gasteiger partial charge is 0.310 e. The highest BCUT2D eigenvalue weighted by atomic mass is 32.2. The quantitative estimate of drug-likeness (QED) is 0.560. The van der Waals surface area contributed by atoms with Crippen LogP contribution in [0.25, 0.3) is 0 Å². The zero-order chi connectivity index (χ0) is 16.7. The van der Waals surface area contributed by atoms with Crippen LogP contribution in [0.5, 0.6) is 0 Å². The van der Waals surface area contributed by atoms with Crippen LogP contribution < -0.4 is 0 Å². The lowest BCUT2D eigenvalue weighted by molar-refractivity contribution is -0.152. The number of carbonyl (C=O) groups is 1. The van der Waals surface area contributed by atoms with Gasteiger partial charge in [0.2, 0.25) is 0 Å².